The number of aliphatic hydroxyl groups is 2. The molecule has 7 atom stereocenters. The summed E-state index contributed by atoms with van der Waals surface area (Å²) < 4.78 is 0. The molecule has 18 heteroatoms. The lowest BCUT2D eigenvalue weighted by Crippen LogP contribution is -2.67. The Morgan fingerprint density at radius 3 is 2.05 bits per heavy atom. The fourth-order valence-electron chi connectivity index (χ4n) is 7.51. The first-order valence-electron chi connectivity index (χ1n) is 21.0. The number of aromatic nitrogens is 1. The Balaban J connectivity index is 1.61. The molecule has 1 aliphatic heterocycles. The summed E-state index contributed by atoms with van der Waals surface area (Å²) in [5.41, 5.74) is 5.94. The van der Waals surface area contributed by atoms with E-state index in [1.54, 1.807) is 48.7 Å². The molecule has 63 heavy (non-hydrogen) atoms. The maximum Gasteiger partial charge on any atom is 0.303 e. The fraction of sp³-hybridized carbons (Fsp3) is 0.422. The Hall–Kier alpha value is -6.34. The van der Waals surface area contributed by atoms with E-state index in [4.69, 9.17) is 5.73 Å². The number of nitrogens with zero attached hydrogens (tertiary/aromatic N) is 1. The molecule has 0 spiro atoms. The second kappa shape index (κ2) is 22.1. The minimum atomic E-state index is -2.41. The predicted molar refractivity (Wildman–Crippen MR) is 233 cm³/mol. The summed E-state index contributed by atoms with van der Waals surface area (Å²) in [6.07, 6.45) is -0.135. The van der Waals surface area contributed by atoms with Crippen LogP contribution in [0.15, 0.2) is 85.1 Å². The number of phenols is 1. The number of nitrogens with two attached hydrogens (primary N) is 1. The number of carboxylic acids is 1. The lowest BCUT2D eigenvalue weighted by atomic mass is 9.99. The van der Waals surface area contributed by atoms with E-state index in [0.717, 1.165) is 15.8 Å². The maximum atomic E-state index is 14.6. The molecule has 5 amide bonds. The van der Waals surface area contributed by atoms with Crippen molar-refractivity contribution >= 4 is 46.4 Å². The molecule has 4 aromatic rings. The van der Waals surface area contributed by atoms with Gasteiger partial charge in [-0.1, -0.05) is 60.7 Å². The predicted octanol–water partition coefficient (Wildman–Crippen LogP) is 0.334. The highest BCUT2D eigenvalue weighted by Crippen LogP contribution is 2.21. The van der Waals surface area contributed by atoms with Crippen LogP contribution in [0.2, 0.25) is 0 Å². The Labute approximate surface area is 365 Å². The van der Waals surface area contributed by atoms with Crippen LogP contribution < -0.4 is 32.3 Å². The standard InChI is InChI=1S/C45H58N8O10/c1-27(54)45(63)26-48-37(23-28-10-4-3-5-11-28)44(62)53(2)38(19-20-39(56)57)43(61)51-35(22-29-15-17-31(55)18-16-29)40(58)50-36(24-30-25-47-33-13-7-6-12-32(30)33)41(59)49-34(42(60)52-45)14-8-9-21-46/h3-7,10-13,15-18,25,27,34-38,47-48,54-55,63H,8-9,14,19-24,26,46H2,1-2H3,(H,49,59)(H,50,58)(H,51,61)(H,52,60)(H,56,57)/t27-,34+,35+,36-,37+,38+,45?/m1/s1. The van der Waals surface area contributed by atoms with Crippen LogP contribution in [-0.2, 0) is 48.0 Å². The minimum absolute atomic E-state index is 0.00257. The first-order valence-corrected chi connectivity index (χ1v) is 21.0. The monoisotopic (exact) mass is 870 g/mol. The van der Waals surface area contributed by atoms with E-state index in [1.165, 1.54) is 26.1 Å². The summed E-state index contributed by atoms with van der Waals surface area (Å²) in [6.45, 7) is 0.945. The van der Waals surface area contributed by atoms with Gasteiger partial charge in [0.2, 0.25) is 29.5 Å². The van der Waals surface area contributed by atoms with Gasteiger partial charge in [-0.3, -0.25) is 28.8 Å². The molecule has 3 aromatic carbocycles. The molecule has 1 unspecified atom stereocenters. The van der Waals surface area contributed by atoms with Gasteiger partial charge in [-0.25, -0.2) is 0 Å². The van der Waals surface area contributed by atoms with Crippen LogP contribution in [0.1, 0.15) is 55.7 Å². The van der Waals surface area contributed by atoms with Gasteiger partial charge in [0, 0.05) is 50.0 Å². The van der Waals surface area contributed by atoms with E-state index in [0.29, 0.717) is 36.1 Å². The SMILES string of the molecule is C[C@@H](O)C1(O)CN[C@@H](Cc2ccccc2)C(=O)N(C)[C@@H](CCC(=O)O)C(=O)N[C@@H](Cc2ccc(O)cc2)C(=O)N[C@H](Cc2c[nH]c3ccccc23)C(=O)N[C@@H](CCCCN)C(=O)N1. The second-order valence-electron chi connectivity index (χ2n) is 16.0. The van der Waals surface area contributed by atoms with Crippen LogP contribution in [-0.4, -0.2) is 128 Å². The molecule has 18 nitrogen and oxygen atoms in total. The zero-order valence-corrected chi connectivity index (χ0v) is 35.4. The van der Waals surface area contributed by atoms with Gasteiger partial charge in [0.25, 0.3) is 0 Å². The van der Waals surface area contributed by atoms with E-state index >= 15 is 0 Å². The highest BCUT2D eigenvalue weighted by molar-refractivity contribution is 5.97. The van der Waals surface area contributed by atoms with Crippen molar-refractivity contribution in [1.29, 1.82) is 0 Å². The smallest absolute Gasteiger partial charge is 0.303 e. The van der Waals surface area contributed by atoms with Crippen molar-refractivity contribution in [2.45, 2.75) is 100 Å². The number of aliphatic hydroxyl groups excluding tert-OH is 1. The lowest BCUT2D eigenvalue weighted by molar-refractivity contribution is -0.146. The number of fused-ring (bicyclic) bond motifs is 1. The first-order chi connectivity index (χ1) is 30.1. The number of aromatic amines is 1. The van der Waals surface area contributed by atoms with Gasteiger partial charge in [0.1, 0.15) is 29.9 Å². The number of benzene rings is 3. The third-order valence-corrected chi connectivity index (χ3v) is 11.3. The number of para-hydroxylation sites is 1. The number of β-amino-alcohol motifs (C(OH)–C–C–N with tert-alkyl or cyclic N) is 1. The third-order valence-electron chi connectivity index (χ3n) is 11.3. The van der Waals surface area contributed by atoms with E-state index in [2.05, 4.69) is 31.6 Å². The van der Waals surface area contributed by atoms with Crippen molar-refractivity contribution in [3.63, 3.8) is 0 Å². The Morgan fingerprint density at radius 1 is 0.778 bits per heavy atom. The van der Waals surface area contributed by atoms with Gasteiger partial charge in [-0.2, -0.15) is 0 Å². The number of aromatic hydroxyl groups is 1. The van der Waals surface area contributed by atoms with Crippen LogP contribution in [0, 0.1) is 0 Å². The Kier molecular flexibility index (Phi) is 16.8. The van der Waals surface area contributed by atoms with E-state index in [-0.39, 0.29) is 37.9 Å². The van der Waals surface area contributed by atoms with Gasteiger partial charge in [-0.05, 0) is 80.5 Å². The minimum Gasteiger partial charge on any atom is -0.508 e. The van der Waals surface area contributed by atoms with Gasteiger partial charge in [-0.15, -0.1) is 0 Å². The summed E-state index contributed by atoms with van der Waals surface area (Å²) in [5, 5.41) is 56.9. The number of phenolic OH excluding ortho intramolecular Hbond substituents is 1. The van der Waals surface area contributed by atoms with Gasteiger partial charge in [0.15, 0.2) is 5.72 Å². The summed E-state index contributed by atoms with van der Waals surface area (Å²) in [7, 11) is 1.32. The number of hydrogen-bond donors (Lipinski definition) is 11. The molecule has 0 saturated carbocycles. The molecule has 338 valence electrons. The summed E-state index contributed by atoms with van der Waals surface area (Å²) in [6, 6.07) is 15.3. The van der Waals surface area contributed by atoms with Crippen molar-refractivity contribution in [2.75, 3.05) is 20.1 Å². The lowest BCUT2D eigenvalue weighted by Gasteiger charge is -2.37. The number of carboxylic acid groups (broad SMARTS) is 1. The summed E-state index contributed by atoms with van der Waals surface area (Å²) >= 11 is 0. The molecule has 1 aromatic heterocycles. The molecule has 1 saturated heterocycles. The van der Waals surface area contributed by atoms with Gasteiger partial charge >= 0.3 is 5.97 Å². The van der Waals surface area contributed by atoms with E-state index in [1.807, 2.05) is 24.3 Å². The molecular weight excluding hydrogens is 813 g/mol. The average Bonchev–Trinajstić information content (AvgIpc) is 3.67. The van der Waals surface area contributed by atoms with Crippen molar-refractivity contribution in [1.82, 2.24) is 36.5 Å². The molecule has 0 aliphatic carbocycles. The molecule has 1 aliphatic rings. The van der Waals surface area contributed by atoms with Gasteiger partial charge in [0.05, 0.1) is 12.1 Å². The quantitative estimate of drug-likeness (QED) is 0.0766. The van der Waals surface area contributed by atoms with Crippen LogP contribution >= 0.6 is 0 Å². The number of unbranched alkanes of at least 4 members (excludes halogenated alkanes) is 1. The summed E-state index contributed by atoms with van der Waals surface area (Å²) in [5.74, 6) is -5.31. The largest absolute Gasteiger partial charge is 0.508 e. The average molecular weight is 871 g/mol. The summed E-state index contributed by atoms with van der Waals surface area (Å²) in [4.78, 5) is 88.3. The number of carbonyl (C=O) groups excluding carboxylic acids is 5. The molecule has 2 heterocycles. The number of amides is 5. The zero-order chi connectivity index (χ0) is 45.7. The van der Waals surface area contributed by atoms with Crippen LogP contribution in [0.5, 0.6) is 5.75 Å². The van der Waals surface area contributed by atoms with Crippen LogP contribution in [0.4, 0.5) is 0 Å². The van der Waals surface area contributed by atoms with Crippen molar-refractivity contribution in [2.24, 2.45) is 5.73 Å². The number of carbonyl (C=O) groups is 6. The molecular formula is C45H58N8O10. The van der Waals surface area contributed by atoms with Gasteiger partial charge < -0.3 is 62.6 Å². The zero-order valence-electron chi connectivity index (χ0n) is 35.4. The molecule has 5 rings (SSSR count). The van der Waals surface area contributed by atoms with E-state index in [9.17, 15) is 49.2 Å². The van der Waals surface area contributed by atoms with Crippen molar-refractivity contribution < 1.29 is 49.2 Å². The molecule has 1 fully saturated rings. The first kappa shape index (κ1) is 47.7. The highest BCUT2D eigenvalue weighted by Gasteiger charge is 2.41. The molecule has 0 bridgehead atoms. The second-order valence-corrected chi connectivity index (χ2v) is 16.0. The topological polar surface area (TPSA) is 289 Å². The number of likely N-dealkylation sites (N-methyl/N-ethyl adjacent to an activating group) is 1. The Morgan fingerprint density at radius 2 is 1.38 bits per heavy atom. The number of aliphatic carboxylic acids is 1. The number of H-pyrrole nitrogens is 1. The van der Waals surface area contributed by atoms with Crippen molar-refractivity contribution in [3.8, 4) is 5.75 Å². The normalized spacial score (nSPS) is 23.8. The number of rotatable bonds is 14. The van der Waals surface area contributed by atoms with E-state index < -0.39 is 90.5 Å². The number of nitrogens with one attached hydrogen (secondary N) is 6. The third kappa shape index (κ3) is 13.1. The maximum absolute atomic E-state index is 14.6. The number of hydrogen-bond acceptors (Lipinski definition) is 11. The fourth-order valence-corrected chi connectivity index (χ4v) is 7.51. The highest BCUT2D eigenvalue weighted by atomic mass is 16.4. The molecule has 12 N–H and O–H groups in total. The van der Waals surface area contributed by atoms with Crippen molar-refractivity contribution in [3.05, 3.63) is 102 Å². The van der Waals surface area contributed by atoms with Crippen LogP contribution in [0.3, 0.4) is 0 Å². The Bertz CT molecular complexity index is 2200. The van der Waals surface area contributed by atoms with Crippen LogP contribution in [0.25, 0.3) is 10.9 Å². The molecule has 0 radical (unpaired) electrons.